The maximum Gasteiger partial charge on any atom is 0.166 e. The third-order valence-electron chi connectivity index (χ3n) is 3.37. The molecule has 0 amide bonds. The molecule has 3 heteroatoms. The smallest absolute Gasteiger partial charge is 0.166 e. The van der Waals surface area contributed by atoms with Gasteiger partial charge >= 0.3 is 0 Å². The van der Waals surface area contributed by atoms with E-state index in [9.17, 15) is 4.79 Å². The summed E-state index contributed by atoms with van der Waals surface area (Å²) in [7, 11) is 1.69. The molecule has 0 heterocycles. The summed E-state index contributed by atoms with van der Waals surface area (Å²) in [6.45, 7) is 2.13. The van der Waals surface area contributed by atoms with E-state index in [1.54, 1.807) is 18.9 Å². The first-order valence-corrected chi connectivity index (χ1v) is 7.23. The largest absolute Gasteiger partial charge is 0.495 e. The van der Waals surface area contributed by atoms with Crippen molar-refractivity contribution in [1.82, 2.24) is 0 Å². The van der Waals surface area contributed by atoms with Crippen molar-refractivity contribution in [2.24, 2.45) is 5.92 Å². The Morgan fingerprint density at radius 1 is 1.47 bits per heavy atom. The number of fused-ring (bicyclic) bond motifs is 1. The van der Waals surface area contributed by atoms with Gasteiger partial charge in [-0.3, -0.25) is 4.79 Å². The van der Waals surface area contributed by atoms with Crippen LogP contribution in [-0.4, -0.2) is 19.1 Å². The van der Waals surface area contributed by atoms with Gasteiger partial charge in [0.2, 0.25) is 0 Å². The molecule has 1 aromatic rings. The van der Waals surface area contributed by atoms with Crippen LogP contribution in [0.15, 0.2) is 17.0 Å². The van der Waals surface area contributed by atoms with Gasteiger partial charge < -0.3 is 4.74 Å². The first-order chi connectivity index (χ1) is 8.22. The second kappa shape index (κ2) is 5.13. The van der Waals surface area contributed by atoms with Gasteiger partial charge in [0.1, 0.15) is 5.75 Å². The Kier molecular flexibility index (Phi) is 3.77. The summed E-state index contributed by atoms with van der Waals surface area (Å²) in [6.07, 6.45) is 4.91. The summed E-state index contributed by atoms with van der Waals surface area (Å²) < 4.78 is 5.48. The molecule has 0 N–H and O–H groups in total. The van der Waals surface area contributed by atoms with Crippen LogP contribution in [0.3, 0.4) is 0 Å². The van der Waals surface area contributed by atoms with Gasteiger partial charge in [0.05, 0.1) is 7.11 Å². The van der Waals surface area contributed by atoms with Crippen molar-refractivity contribution < 1.29 is 9.53 Å². The maximum atomic E-state index is 12.2. The van der Waals surface area contributed by atoms with Gasteiger partial charge in [-0.2, -0.15) is 0 Å². The number of hydrogen-bond donors (Lipinski definition) is 0. The Balaban J connectivity index is 2.43. The summed E-state index contributed by atoms with van der Waals surface area (Å²) in [5.74, 6) is 1.37. The Morgan fingerprint density at radius 2 is 2.24 bits per heavy atom. The van der Waals surface area contributed by atoms with Gasteiger partial charge in [-0.05, 0) is 31.2 Å². The molecule has 1 aliphatic rings. The standard InChI is InChI=1S/C14H18O2S/c1-4-5-9-8-11-10(13(9)15)6-7-12(17-3)14(11)16-2/h6-7,9H,4-5,8H2,1-3H3. The Hall–Kier alpha value is -0.960. The van der Waals surface area contributed by atoms with E-state index in [4.69, 9.17) is 4.74 Å². The molecule has 1 atom stereocenters. The van der Waals surface area contributed by atoms with Crippen molar-refractivity contribution in [3.05, 3.63) is 23.3 Å². The lowest BCUT2D eigenvalue weighted by Crippen LogP contribution is -2.07. The monoisotopic (exact) mass is 250 g/mol. The van der Waals surface area contributed by atoms with Crippen LogP contribution in [0.5, 0.6) is 5.75 Å². The van der Waals surface area contributed by atoms with Gasteiger partial charge in [-0.25, -0.2) is 0 Å². The van der Waals surface area contributed by atoms with E-state index >= 15 is 0 Å². The minimum atomic E-state index is 0.168. The Bertz CT molecular complexity index is 440. The minimum Gasteiger partial charge on any atom is -0.495 e. The molecule has 0 saturated carbocycles. The van der Waals surface area contributed by atoms with Crippen molar-refractivity contribution in [3.8, 4) is 5.75 Å². The molecule has 0 fully saturated rings. The van der Waals surface area contributed by atoms with E-state index in [1.165, 1.54) is 0 Å². The zero-order chi connectivity index (χ0) is 12.4. The molecule has 0 saturated heterocycles. The van der Waals surface area contributed by atoms with Crippen LogP contribution in [0.4, 0.5) is 0 Å². The van der Waals surface area contributed by atoms with Gasteiger partial charge in [0.25, 0.3) is 0 Å². The quantitative estimate of drug-likeness (QED) is 0.764. The number of hydrogen-bond acceptors (Lipinski definition) is 3. The molecule has 2 nitrogen and oxygen atoms in total. The average Bonchev–Trinajstić information content (AvgIpc) is 2.66. The molecule has 0 bridgehead atoms. The number of benzene rings is 1. The molecule has 1 unspecified atom stereocenters. The number of ketones is 1. The SMILES string of the molecule is CCCC1Cc2c(ccc(SC)c2OC)C1=O. The number of carbonyl (C=O) groups excluding carboxylic acids is 1. The molecule has 92 valence electrons. The highest BCUT2D eigenvalue weighted by Gasteiger charge is 2.32. The topological polar surface area (TPSA) is 26.3 Å². The zero-order valence-electron chi connectivity index (χ0n) is 10.6. The third-order valence-corrected chi connectivity index (χ3v) is 4.13. The van der Waals surface area contributed by atoms with Gasteiger partial charge in [0, 0.05) is 21.9 Å². The summed E-state index contributed by atoms with van der Waals surface area (Å²) >= 11 is 1.67. The number of thioether (sulfide) groups is 1. The molecule has 0 aliphatic heterocycles. The van der Waals surface area contributed by atoms with E-state index in [0.717, 1.165) is 41.0 Å². The van der Waals surface area contributed by atoms with Crippen LogP contribution < -0.4 is 4.74 Å². The lowest BCUT2D eigenvalue weighted by Gasteiger charge is -2.10. The predicted octanol–water partition coefficient (Wildman–Crippen LogP) is 3.57. The van der Waals surface area contributed by atoms with Crippen LogP contribution in [0.1, 0.15) is 35.7 Å². The number of ether oxygens (including phenoxy) is 1. The van der Waals surface area contributed by atoms with Crippen LogP contribution in [-0.2, 0) is 6.42 Å². The minimum absolute atomic E-state index is 0.168. The summed E-state index contributed by atoms with van der Waals surface area (Å²) in [5, 5.41) is 0. The first kappa shape index (κ1) is 12.5. The molecule has 0 radical (unpaired) electrons. The number of carbonyl (C=O) groups is 1. The fourth-order valence-electron chi connectivity index (χ4n) is 2.56. The summed E-state index contributed by atoms with van der Waals surface area (Å²) in [6, 6.07) is 3.95. The van der Waals surface area contributed by atoms with Gasteiger partial charge in [0.15, 0.2) is 5.78 Å². The van der Waals surface area contributed by atoms with E-state index in [1.807, 2.05) is 18.4 Å². The Morgan fingerprint density at radius 3 is 2.82 bits per heavy atom. The molecular weight excluding hydrogens is 232 g/mol. The highest BCUT2D eigenvalue weighted by atomic mass is 32.2. The van der Waals surface area contributed by atoms with Gasteiger partial charge in [-0.1, -0.05) is 13.3 Å². The Labute approximate surface area is 107 Å². The molecule has 17 heavy (non-hydrogen) atoms. The van der Waals surface area contributed by atoms with Crippen LogP contribution in [0.25, 0.3) is 0 Å². The molecule has 0 spiro atoms. The molecular formula is C14H18O2S. The second-order valence-electron chi connectivity index (χ2n) is 4.38. The maximum absolute atomic E-state index is 12.2. The normalized spacial score (nSPS) is 18.3. The summed E-state index contributed by atoms with van der Waals surface area (Å²) in [5.41, 5.74) is 1.99. The van der Waals surface area contributed by atoms with E-state index in [2.05, 4.69) is 6.92 Å². The number of rotatable bonds is 4. The molecule has 0 aromatic heterocycles. The van der Waals surface area contributed by atoms with Crippen molar-refractivity contribution in [2.45, 2.75) is 31.1 Å². The van der Waals surface area contributed by atoms with E-state index < -0.39 is 0 Å². The highest BCUT2D eigenvalue weighted by Crippen LogP contribution is 2.40. The molecule has 1 aliphatic carbocycles. The number of methoxy groups -OCH3 is 1. The molecule has 2 rings (SSSR count). The average molecular weight is 250 g/mol. The van der Waals surface area contributed by atoms with Crippen LogP contribution in [0.2, 0.25) is 0 Å². The van der Waals surface area contributed by atoms with E-state index in [0.29, 0.717) is 5.78 Å². The highest BCUT2D eigenvalue weighted by molar-refractivity contribution is 7.98. The van der Waals surface area contributed by atoms with Crippen LogP contribution in [0, 0.1) is 5.92 Å². The first-order valence-electron chi connectivity index (χ1n) is 6.01. The molecule has 1 aromatic carbocycles. The fourth-order valence-corrected chi connectivity index (χ4v) is 3.16. The predicted molar refractivity (Wildman–Crippen MR) is 71.2 cm³/mol. The lowest BCUT2D eigenvalue weighted by atomic mass is 10.00. The van der Waals surface area contributed by atoms with Crippen molar-refractivity contribution in [2.75, 3.05) is 13.4 Å². The number of Topliss-reactive ketones (excluding diaryl/α,β-unsaturated/α-hetero) is 1. The van der Waals surface area contributed by atoms with Crippen molar-refractivity contribution in [3.63, 3.8) is 0 Å². The van der Waals surface area contributed by atoms with Crippen molar-refractivity contribution >= 4 is 17.5 Å². The van der Waals surface area contributed by atoms with Crippen LogP contribution >= 0.6 is 11.8 Å². The van der Waals surface area contributed by atoms with E-state index in [-0.39, 0.29) is 5.92 Å². The van der Waals surface area contributed by atoms with Gasteiger partial charge in [-0.15, -0.1) is 11.8 Å². The second-order valence-corrected chi connectivity index (χ2v) is 5.23. The zero-order valence-corrected chi connectivity index (χ0v) is 11.4. The van der Waals surface area contributed by atoms with Crippen molar-refractivity contribution in [1.29, 1.82) is 0 Å². The fraction of sp³-hybridized carbons (Fsp3) is 0.500. The third kappa shape index (κ3) is 2.08. The lowest BCUT2D eigenvalue weighted by molar-refractivity contribution is 0.0930. The summed E-state index contributed by atoms with van der Waals surface area (Å²) in [4.78, 5) is 13.3.